The van der Waals surface area contributed by atoms with Crippen molar-refractivity contribution in [1.29, 1.82) is 0 Å². The summed E-state index contributed by atoms with van der Waals surface area (Å²) in [5, 5.41) is 0. The molecule has 20 heavy (non-hydrogen) atoms. The van der Waals surface area contributed by atoms with Crippen molar-refractivity contribution in [2.75, 3.05) is 14.2 Å². The van der Waals surface area contributed by atoms with Crippen LogP contribution in [0.4, 0.5) is 0 Å². The first kappa shape index (κ1) is 14.9. The highest BCUT2D eigenvalue weighted by Crippen LogP contribution is 2.32. The molecule has 2 rings (SSSR count). The Balaban J connectivity index is 2.34. The summed E-state index contributed by atoms with van der Waals surface area (Å²) >= 11 is 9.25. The van der Waals surface area contributed by atoms with Gasteiger partial charge in [-0.2, -0.15) is 0 Å². The van der Waals surface area contributed by atoms with E-state index in [0.29, 0.717) is 29.0 Å². The summed E-state index contributed by atoms with van der Waals surface area (Å²) in [4.78, 5) is 4.22. The predicted octanol–water partition coefficient (Wildman–Crippen LogP) is 4.39. The maximum Gasteiger partial charge on any atom is 0.223 e. The lowest BCUT2D eigenvalue weighted by Gasteiger charge is -2.11. The molecule has 0 atom stereocenters. The fourth-order valence-corrected chi connectivity index (χ4v) is 2.18. The van der Waals surface area contributed by atoms with Crippen molar-refractivity contribution in [3.63, 3.8) is 0 Å². The van der Waals surface area contributed by atoms with Crippen molar-refractivity contribution in [1.82, 2.24) is 4.98 Å². The second-order valence-electron chi connectivity index (χ2n) is 3.90. The van der Waals surface area contributed by atoms with Gasteiger partial charge in [-0.25, -0.2) is 4.98 Å². The molecule has 1 heterocycles. The molecule has 1 aromatic heterocycles. The number of methoxy groups -OCH3 is 2. The Hall–Kier alpha value is -1.46. The van der Waals surface area contributed by atoms with Gasteiger partial charge in [-0.3, -0.25) is 0 Å². The Kier molecular flexibility index (Phi) is 5.09. The van der Waals surface area contributed by atoms with Gasteiger partial charge in [-0.15, -0.1) is 11.6 Å². The molecule has 0 unspecified atom stereocenters. The van der Waals surface area contributed by atoms with Crippen LogP contribution in [-0.4, -0.2) is 19.2 Å². The molecule has 0 aliphatic carbocycles. The summed E-state index contributed by atoms with van der Waals surface area (Å²) in [6.45, 7) is 0. The number of rotatable bonds is 5. The normalized spacial score (nSPS) is 10.2. The van der Waals surface area contributed by atoms with E-state index in [1.54, 1.807) is 38.6 Å². The number of alkyl halides is 1. The van der Waals surface area contributed by atoms with Crippen molar-refractivity contribution in [3.05, 3.63) is 40.5 Å². The quantitative estimate of drug-likeness (QED) is 0.743. The van der Waals surface area contributed by atoms with Crippen LogP contribution in [0.2, 0.25) is 0 Å². The van der Waals surface area contributed by atoms with E-state index >= 15 is 0 Å². The number of halogens is 2. The number of hydrogen-bond donors (Lipinski definition) is 0. The average Bonchev–Trinajstić information content (AvgIpc) is 2.48. The highest BCUT2D eigenvalue weighted by molar-refractivity contribution is 9.10. The molecule has 0 fully saturated rings. The third-order valence-corrected chi connectivity index (χ3v) is 3.30. The minimum absolute atomic E-state index is 0.308. The van der Waals surface area contributed by atoms with Crippen molar-refractivity contribution in [2.45, 2.75) is 5.88 Å². The molecule has 0 saturated heterocycles. The molecule has 0 bridgehead atoms. The fraction of sp³-hybridized carbons (Fsp3) is 0.214. The molecule has 2 aromatic rings. The third-order valence-electron chi connectivity index (χ3n) is 2.58. The van der Waals surface area contributed by atoms with E-state index in [0.717, 1.165) is 10.0 Å². The molecule has 0 aliphatic heterocycles. The van der Waals surface area contributed by atoms with E-state index in [1.807, 2.05) is 6.07 Å². The molecule has 0 radical (unpaired) electrons. The van der Waals surface area contributed by atoms with Gasteiger partial charge in [-0.1, -0.05) is 0 Å². The zero-order chi connectivity index (χ0) is 14.5. The lowest BCUT2D eigenvalue weighted by atomic mass is 10.3. The van der Waals surface area contributed by atoms with Gasteiger partial charge in [0, 0.05) is 34.4 Å². The van der Waals surface area contributed by atoms with Crippen LogP contribution in [0.25, 0.3) is 0 Å². The molecule has 0 amide bonds. The van der Waals surface area contributed by atoms with Crippen LogP contribution in [0, 0.1) is 0 Å². The minimum Gasteiger partial charge on any atom is -0.496 e. The Labute approximate surface area is 130 Å². The zero-order valence-corrected chi connectivity index (χ0v) is 13.4. The van der Waals surface area contributed by atoms with E-state index in [1.165, 1.54) is 0 Å². The van der Waals surface area contributed by atoms with Gasteiger partial charge in [0.05, 0.1) is 20.1 Å². The van der Waals surface area contributed by atoms with Gasteiger partial charge in [0.25, 0.3) is 0 Å². The summed E-state index contributed by atoms with van der Waals surface area (Å²) in [5.74, 6) is 2.62. The van der Waals surface area contributed by atoms with Gasteiger partial charge in [0.1, 0.15) is 17.2 Å². The van der Waals surface area contributed by atoms with E-state index in [4.69, 9.17) is 25.8 Å². The van der Waals surface area contributed by atoms with Gasteiger partial charge >= 0.3 is 0 Å². The highest BCUT2D eigenvalue weighted by atomic mass is 79.9. The van der Waals surface area contributed by atoms with Crippen molar-refractivity contribution in [2.24, 2.45) is 0 Å². The molecule has 6 heteroatoms. The Morgan fingerprint density at radius 2 is 1.65 bits per heavy atom. The van der Waals surface area contributed by atoms with Crippen LogP contribution in [0.5, 0.6) is 23.1 Å². The summed E-state index contributed by atoms with van der Waals surface area (Å²) in [6, 6.07) is 7.14. The number of pyridine rings is 1. The smallest absolute Gasteiger partial charge is 0.223 e. The van der Waals surface area contributed by atoms with Gasteiger partial charge < -0.3 is 14.2 Å². The van der Waals surface area contributed by atoms with E-state index in [-0.39, 0.29) is 0 Å². The number of benzene rings is 1. The minimum atomic E-state index is 0.308. The van der Waals surface area contributed by atoms with Crippen LogP contribution in [0.3, 0.4) is 0 Å². The molecule has 4 nitrogen and oxygen atoms in total. The molecule has 106 valence electrons. The maximum absolute atomic E-state index is 5.90. The van der Waals surface area contributed by atoms with Crippen LogP contribution in [0.15, 0.2) is 34.9 Å². The van der Waals surface area contributed by atoms with Gasteiger partial charge in [0.2, 0.25) is 5.88 Å². The SMILES string of the molecule is COc1cc(OC)cc(Oc2ncc(Br)cc2CCl)c1. The Morgan fingerprint density at radius 1 is 1.05 bits per heavy atom. The predicted molar refractivity (Wildman–Crippen MR) is 81.1 cm³/mol. The standard InChI is InChI=1S/C14H13BrClNO3/c1-18-11-4-12(19-2)6-13(5-11)20-14-9(7-16)3-10(15)8-17-14/h3-6,8H,7H2,1-2H3. The third kappa shape index (κ3) is 3.55. The lowest BCUT2D eigenvalue weighted by molar-refractivity contribution is 0.384. The van der Waals surface area contributed by atoms with Gasteiger partial charge in [0.15, 0.2) is 0 Å². The highest BCUT2D eigenvalue weighted by Gasteiger charge is 2.09. The molecule has 0 aliphatic rings. The van der Waals surface area contributed by atoms with E-state index in [9.17, 15) is 0 Å². The summed E-state index contributed by atoms with van der Waals surface area (Å²) in [5.41, 5.74) is 0.794. The molecular weight excluding hydrogens is 346 g/mol. The van der Waals surface area contributed by atoms with E-state index < -0.39 is 0 Å². The van der Waals surface area contributed by atoms with Crippen LogP contribution in [-0.2, 0) is 5.88 Å². The molecule has 0 saturated carbocycles. The monoisotopic (exact) mass is 357 g/mol. The fourth-order valence-electron chi connectivity index (χ4n) is 1.61. The summed E-state index contributed by atoms with van der Waals surface area (Å²) in [7, 11) is 3.17. The number of hydrogen-bond acceptors (Lipinski definition) is 4. The lowest BCUT2D eigenvalue weighted by Crippen LogP contribution is -1.95. The van der Waals surface area contributed by atoms with Crippen LogP contribution < -0.4 is 14.2 Å². The first-order valence-electron chi connectivity index (χ1n) is 5.77. The Bertz CT molecular complexity index is 585. The van der Waals surface area contributed by atoms with Crippen molar-refractivity contribution < 1.29 is 14.2 Å². The summed E-state index contributed by atoms with van der Waals surface area (Å²) < 4.78 is 17.0. The topological polar surface area (TPSA) is 40.6 Å². The van der Waals surface area contributed by atoms with Gasteiger partial charge in [-0.05, 0) is 22.0 Å². The number of nitrogens with zero attached hydrogens (tertiary/aromatic N) is 1. The molecule has 1 aromatic carbocycles. The first-order valence-corrected chi connectivity index (χ1v) is 7.10. The molecule has 0 spiro atoms. The molecular formula is C14H13BrClNO3. The number of aromatic nitrogens is 1. The molecule has 0 N–H and O–H groups in total. The average molecular weight is 359 g/mol. The second-order valence-corrected chi connectivity index (χ2v) is 5.08. The van der Waals surface area contributed by atoms with Crippen molar-refractivity contribution >= 4 is 27.5 Å². The number of ether oxygens (including phenoxy) is 3. The van der Waals surface area contributed by atoms with E-state index in [2.05, 4.69) is 20.9 Å². The van der Waals surface area contributed by atoms with Crippen LogP contribution in [0.1, 0.15) is 5.56 Å². The second kappa shape index (κ2) is 6.81. The maximum atomic E-state index is 5.90. The first-order chi connectivity index (χ1) is 9.66. The largest absolute Gasteiger partial charge is 0.496 e. The Morgan fingerprint density at radius 3 is 2.20 bits per heavy atom. The van der Waals surface area contributed by atoms with Crippen molar-refractivity contribution in [3.8, 4) is 23.1 Å². The summed E-state index contributed by atoms with van der Waals surface area (Å²) in [6.07, 6.45) is 1.66. The van der Waals surface area contributed by atoms with Crippen LogP contribution >= 0.6 is 27.5 Å². The zero-order valence-electron chi connectivity index (χ0n) is 11.0.